The molecule has 9 rings (SSSR count). The van der Waals surface area contributed by atoms with Crippen molar-refractivity contribution in [1.82, 2.24) is 40.4 Å². The largest absolute Gasteiger partial charge is 0.488 e. The number of nitrogens with one attached hydrogen (secondary N) is 4. The lowest BCUT2D eigenvalue weighted by atomic mass is 9.90. The van der Waals surface area contributed by atoms with Gasteiger partial charge in [-0.1, -0.05) is 45.4 Å². The third kappa shape index (κ3) is 9.85. The summed E-state index contributed by atoms with van der Waals surface area (Å²) in [6.45, 7) is 9.10. The van der Waals surface area contributed by atoms with Crippen molar-refractivity contribution in [1.29, 1.82) is 0 Å². The average Bonchev–Trinajstić information content (AvgIpc) is 4.16. The molecule has 368 valence electrons. The summed E-state index contributed by atoms with van der Waals surface area (Å²) in [7, 11) is 2.63. The van der Waals surface area contributed by atoms with Crippen molar-refractivity contribution in [2.45, 2.75) is 128 Å². The number of hydrogen-bond acceptors (Lipinski definition) is 11. The summed E-state index contributed by atoms with van der Waals surface area (Å²) < 4.78 is 27.6. The number of fused-ring (bicyclic) bond motifs is 6. The maximum Gasteiger partial charge on any atom is 0.407 e. The number of aromatic amines is 2. The highest BCUT2D eigenvalue weighted by molar-refractivity contribution is 6.07. The van der Waals surface area contributed by atoms with E-state index in [2.05, 4.69) is 77.8 Å². The van der Waals surface area contributed by atoms with E-state index in [-0.39, 0.29) is 48.3 Å². The first-order chi connectivity index (χ1) is 33.6. The lowest BCUT2D eigenvalue weighted by Gasteiger charge is -2.37. The van der Waals surface area contributed by atoms with Crippen molar-refractivity contribution in [3.05, 3.63) is 65.9 Å². The van der Waals surface area contributed by atoms with Crippen LogP contribution in [0, 0.1) is 11.8 Å². The number of amides is 4. The molecule has 0 unspecified atom stereocenters. The molecule has 0 aliphatic carbocycles. The summed E-state index contributed by atoms with van der Waals surface area (Å²) in [5.74, 6) is 1.77. The van der Waals surface area contributed by atoms with E-state index in [9.17, 15) is 19.2 Å². The van der Waals surface area contributed by atoms with Crippen molar-refractivity contribution in [2.24, 2.45) is 11.8 Å². The number of carbonyl (C=O) groups is 4. The van der Waals surface area contributed by atoms with Gasteiger partial charge in [-0.15, -0.1) is 0 Å². The Hall–Kier alpha value is -6.20. The summed E-state index contributed by atoms with van der Waals surface area (Å²) >= 11 is 0. The molecule has 2 aromatic heterocycles. The molecular formula is C52H66N8O9. The first-order valence-corrected chi connectivity index (χ1v) is 24.9. The Bertz CT molecular complexity index is 2650. The fourth-order valence-electron chi connectivity index (χ4n) is 11.2. The van der Waals surface area contributed by atoms with Crippen molar-refractivity contribution in [2.75, 3.05) is 40.6 Å². The molecule has 4 aliphatic rings. The second-order valence-corrected chi connectivity index (χ2v) is 18.9. The van der Waals surface area contributed by atoms with Crippen LogP contribution in [-0.2, 0) is 41.7 Å². The third-order valence-electron chi connectivity index (χ3n) is 14.9. The van der Waals surface area contributed by atoms with Gasteiger partial charge in [0.25, 0.3) is 0 Å². The minimum absolute atomic E-state index is 0.0183. The molecule has 3 aromatic carbocycles. The van der Waals surface area contributed by atoms with Crippen LogP contribution in [0.1, 0.15) is 108 Å². The first-order valence-electron chi connectivity index (χ1n) is 24.9. The van der Waals surface area contributed by atoms with E-state index < -0.39 is 24.3 Å². The molecule has 0 saturated carbocycles. The molecule has 6 heterocycles. The van der Waals surface area contributed by atoms with Crippen molar-refractivity contribution >= 4 is 45.8 Å². The van der Waals surface area contributed by atoms with Gasteiger partial charge in [-0.2, -0.15) is 0 Å². The number of likely N-dealkylation sites (tertiary alicyclic amines) is 1. The second-order valence-electron chi connectivity index (χ2n) is 18.9. The molecular weight excluding hydrogens is 881 g/mol. The molecule has 0 radical (unpaired) electrons. The summed E-state index contributed by atoms with van der Waals surface area (Å²) in [4.78, 5) is 75.1. The minimum Gasteiger partial charge on any atom is -0.488 e. The number of benzene rings is 3. The summed E-state index contributed by atoms with van der Waals surface area (Å²) in [5, 5.41) is 7.69. The number of nitrogens with zero attached hydrogens (tertiary/aromatic N) is 4. The van der Waals surface area contributed by atoms with E-state index in [0.717, 1.165) is 99.9 Å². The van der Waals surface area contributed by atoms with Gasteiger partial charge in [-0.3, -0.25) is 9.59 Å². The second kappa shape index (κ2) is 21.2. The number of rotatable bonds is 15. The van der Waals surface area contributed by atoms with Gasteiger partial charge in [0.05, 0.1) is 49.7 Å². The van der Waals surface area contributed by atoms with Gasteiger partial charge in [0.1, 0.15) is 36.1 Å². The van der Waals surface area contributed by atoms with Crippen LogP contribution in [0.25, 0.3) is 44.2 Å². The van der Waals surface area contributed by atoms with E-state index in [0.29, 0.717) is 64.5 Å². The standard InChI is InChI=1S/C52H66N8O9/c1-6-9-35(7-2)59(49(61)45(57-51(63)65-4)30-16-20-67-21-17-30)28-44-54-40-14-11-32-25-39-37-13-10-33(24-34(37)29-69-43(39)26-38(32)47(40)56-44)41-27-53-48(55-41)42-15-12-36(8-3)60(42)50(62)46(58-52(64)66-5)31-18-22-68-23-19-31/h10-11,13-14,24-27,30-31,35-36,42,45-46H,6-9,12,15-23,28-29H2,1-5H3,(H,53,55)(H,54,56)(H,57,63)(H,58,64)/t35-,36-,42-,45-,46-/m0/s1. The molecule has 4 aliphatic heterocycles. The SMILES string of the molecule is CCC[C@H](CC)N(Cc1nc2c(ccc3cc4c(cc32)OCc2cc(-c3cnc([C@@H]5CC[C@H](CC)N5C(=O)[C@@H](NC(=O)OC)C5CCOCC5)[nH]3)ccc2-4)[nH]1)C(=O)[C@@H](NC(=O)OC)C1CCOCC1. The lowest BCUT2D eigenvalue weighted by molar-refractivity contribution is -0.140. The number of methoxy groups -OCH3 is 2. The van der Waals surface area contributed by atoms with Gasteiger partial charge in [0.2, 0.25) is 11.8 Å². The fraction of sp³-hybridized carbons (Fsp3) is 0.538. The van der Waals surface area contributed by atoms with Crippen LogP contribution in [0.5, 0.6) is 5.75 Å². The highest BCUT2D eigenvalue weighted by Crippen LogP contribution is 2.44. The molecule has 17 heteroatoms. The smallest absolute Gasteiger partial charge is 0.407 e. The molecule has 0 spiro atoms. The normalized spacial score (nSPS) is 19.8. The molecule has 4 N–H and O–H groups in total. The van der Waals surface area contributed by atoms with E-state index in [1.807, 2.05) is 22.1 Å². The van der Waals surface area contributed by atoms with E-state index in [4.69, 9.17) is 33.7 Å². The number of carbonyl (C=O) groups excluding carboxylic acids is 4. The third-order valence-corrected chi connectivity index (χ3v) is 14.9. The average molecular weight is 947 g/mol. The molecule has 0 bridgehead atoms. The van der Waals surface area contributed by atoms with Crippen LogP contribution in [0.15, 0.2) is 48.7 Å². The zero-order valence-electron chi connectivity index (χ0n) is 40.4. The fourth-order valence-corrected chi connectivity index (χ4v) is 11.2. The number of H-pyrrole nitrogens is 2. The molecule has 5 atom stereocenters. The van der Waals surface area contributed by atoms with Gasteiger partial charge >= 0.3 is 12.2 Å². The predicted molar refractivity (Wildman–Crippen MR) is 259 cm³/mol. The number of aromatic nitrogens is 4. The molecule has 4 amide bonds. The number of imidazole rings is 2. The molecule has 17 nitrogen and oxygen atoms in total. The van der Waals surface area contributed by atoms with Crippen LogP contribution in [0.4, 0.5) is 9.59 Å². The zero-order valence-corrected chi connectivity index (χ0v) is 40.4. The maximum atomic E-state index is 14.6. The Morgan fingerprint density at radius 1 is 0.841 bits per heavy atom. The van der Waals surface area contributed by atoms with E-state index in [1.165, 1.54) is 14.2 Å². The Morgan fingerprint density at radius 2 is 1.55 bits per heavy atom. The van der Waals surface area contributed by atoms with E-state index >= 15 is 0 Å². The Kier molecular flexibility index (Phi) is 14.7. The van der Waals surface area contributed by atoms with Crippen LogP contribution >= 0.6 is 0 Å². The quantitative estimate of drug-likeness (QED) is 0.0786. The van der Waals surface area contributed by atoms with Gasteiger partial charge in [0.15, 0.2) is 0 Å². The minimum atomic E-state index is -0.745. The van der Waals surface area contributed by atoms with Crippen LogP contribution < -0.4 is 15.4 Å². The van der Waals surface area contributed by atoms with Crippen LogP contribution in [-0.4, -0.2) is 119 Å². The Labute approximate surface area is 402 Å². The first kappa shape index (κ1) is 47.8. The van der Waals surface area contributed by atoms with Gasteiger partial charge in [-0.05, 0) is 116 Å². The van der Waals surface area contributed by atoms with Gasteiger partial charge < -0.3 is 54.1 Å². The van der Waals surface area contributed by atoms with Crippen molar-refractivity contribution < 1.29 is 42.9 Å². The Balaban J connectivity index is 0.961. The van der Waals surface area contributed by atoms with Crippen LogP contribution in [0.3, 0.4) is 0 Å². The van der Waals surface area contributed by atoms with Crippen LogP contribution in [0.2, 0.25) is 0 Å². The van der Waals surface area contributed by atoms with Crippen molar-refractivity contribution in [3.8, 4) is 28.1 Å². The number of hydrogen-bond donors (Lipinski definition) is 4. The number of alkyl carbamates (subject to hydrolysis) is 2. The monoisotopic (exact) mass is 946 g/mol. The lowest BCUT2D eigenvalue weighted by Crippen LogP contribution is -2.55. The Morgan fingerprint density at radius 3 is 2.23 bits per heavy atom. The summed E-state index contributed by atoms with van der Waals surface area (Å²) in [6.07, 6.45) is 8.15. The maximum absolute atomic E-state index is 14.6. The highest BCUT2D eigenvalue weighted by atomic mass is 16.5. The molecule has 3 fully saturated rings. The van der Waals surface area contributed by atoms with Gasteiger partial charge in [0, 0.05) is 49.5 Å². The van der Waals surface area contributed by atoms with E-state index in [1.54, 1.807) is 0 Å². The topological polar surface area (TPSA) is 202 Å². The summed E-state index contributed by atoms with van der Waals surface area (Å²) in [6, 6.07) is 12.9. The van der Waals surface area contributed by atoms with Crippen molar-refractivity contribution in [3.63, 3.8) is 0 Å². The molecule has 5 aromatic rings. The zero-order chi connectivity index (χ0) is 48.2. The highest BCUT2D eigenvalue weighted by Gasteiger charge is 2.44. The summed E-state index contributed by atoms with van der Waals surface area (Å²) in [5.41, 5.74) is 6.55. The van der Waals surface area contributed by atoms with Gasteiger partial charge in [-0.25, -0.2) is 19.6 Å². The molecule has 69 heavy (non-hydrogen) atoms. The molecule has 3 saturated heterocycles. The number of ether oxygens (including phenoxy) is 5. The predicted octanol–water partition coefficient (Wildman–Crippen LogP) is 8.32.